The molecule has 1 aromatic heterocycles. The van der Waals surface area contributed by atoms with Crippen LogP contribution in [0.1, 0.15) is 15.9 Å². The molecule has 1 amide bonds. The molecule has 0 atom stereocenters. The van der Waals surface area contributed by atoms with Gasteiger partial charge in [-0.3, -0.25) is 9.59 Å². The number of methoxy groups -OCH3 is 2. The third kappa shape index (κ3) is 3.23. The van der Waals surface area contributed by atoms with E-state index in [1.807, 2.05) is 0 Å². The lowest BCUT2D eigenvalue weighted by Gasteiger charge is -2.11. The fourth-order valence-electron chi connectivity index (χ4n) is 2.65. The van der Waals surface area contributed by atoms with Gasteiger partial charge in [0.2, 0.25) is 0 Å². The van der Waals surface area contributed by atoms with Crippen LogP contribution in [0.3, 0.4) is 0 Å². The SMILES string of the molecule is COc1ccc2[nH]cc(C(=O)C(=O)Nc3cc(C)c(Cl)cc3OC)c2c1. The van der Waals surface area contributed by atoms with Crippen LogP contribution in [0.15, 0.2) is 36.5 Å². The van der Waals surface area contributed by atoms with Gasteiger partial charge in [-0.1, -0.05) is 11.6 Å². The maximum Gasteiger partial charge on any atom is 0.296 e. The smallest absolute Gasteiger partial charge is 0.296 e. The topological polar surface area (TPSA) is 80.4 Å². The van der Waals surface area contributed by atoms with E-state index in [9.17, 15) is 9.59 Å². The van der Waals surface area contributed by atoms with Crippen molar-refractivity contribution in [2.45, 2.75) is 6.92 Å². The molecular formula is C19H17ClN2O4. The van der Waals surface area contributed by atoms with Gasteiger partial charge in [0.05, 0.1) is 25.5 Å². The van der Waals surface area contributed by atoms with Crippen molar-refractivity contribution < 1.29 is 19.1 Å². The number of Topliss-reactive ketones (excluding diaryl/α,β-unsaturated/α-hetero) is 1. The Morgan fingerprint density at radius 2 is 1.88 bits per heavy atom. The predicted molar refractivity (Wildman–Crippen MR) is 101 cm³/mol. The lowest BCUT2D eigenvalue weighted by atomic mass is 10.1. The molecule has 26 heavy (non-hydrogen) atoms. The van der Waals surface area contributed by atoms with Crippen LogP contribution in [0.2, 0.25) is 5.02 Å². The molecule has 3 rings (SSSR count). The summed E-state index contributed by atoms with van der Waals surface area (Å²) in [5.74, 6) is -0.461. The lowest BCUT2D eigenvalue weighted by molar-refractivity contribution is -0.112. The highest BCUT2D eigenvalue weighted by atomic mass is 35.5. The molecule has 2 aromatic carbocycles. The first-order valence-electron chi connectivity index (χ1n) is 7.79. The third-order valence-electron chi connectivity index (χ3n) is 4.07. The Kier molecular flexibility index (Phi) is 4.86. The summed E-state index contributed by atoms with van der Waals surface area (Å²) in [5.41, 5.74) is 2.14. The van der Waals surface area contributed by atoms with Crippen molar-refractivity contribution in [3.8, 4) is 11.5 Å². The summed E-state index contributed by atoms with van der Waals surface area (Å²) in [6, 6.07) is 8.51. The van der Waals surface area contributed by atoms with Crippen LogP contribution in [-0.2, 0) is 4.79 Å². The van der Waals surface area contributed by atoms with Crippen LogP contribution in [0.25, 0.3) is 10.9 Å². The highest BCUT2D eigenvalue weighted by Gasteiger charge is 2.22. The summed E-state index contributed by atoms with van der Waals surface area (Å²) in [6.07, 6.45) is 1.51. The molecule has 3 aromatic rings. The minimum absolute atomic E-state index is 0.265. The number of ether oxygens (including phenoxy) is 2. The van der Waals surface area contributed by atoms with E-state index in [0.29, 0.717) is 27.6 Å². The third-order valence-corrected chi connectivity index (χ3v) is 4.48. The van der Waals surface area contributed by atoms with E-state index >= 15 is 0 Å². The fourth-order valence-corrected chi connectivity index (χ4v) is 2.80. The molecule has 0 aliphatic carbocycles. The number of nitrogens with one attached hydrogen (secondary N) is 2. The number of H-pyrrole nitrogens is 1. The van der Waals surface area contributed by atoms with Crippen molar-refractivity contribution in [2.75, 3.05) is 19.5 Å². The van der Waals surface area contributed by atoms with Crippen LogP contribution in [-0.4, -0.2) is 30.9 Å². The Bertz CT molecular complexity index is 1010. The number of carbonyl (C=O) groups excluding carboxylic acids is 2. The van der Waals surface area contributed by atoms with Crippen LogP contribution >= 0.6 is 11.6 Å². The van der Waals surface area contributed by atoms with Gasteiger partial charge in [0.15, 0.2) is 0 Å². The van der Waals surface area contributed by atoms with Crippen molar-refractivity contribution in [2.24, 2.45) is 0 Å². The van der Waals surface area contributed by atoms with Crippen molar-refractivity contribution in [3.05, 3.63) is 52.7 Å². The van der Waals surface area contributed by atoms with E-state index in [-0.39, 0.29) is 5.56 Å². The molecule has 2 N–H and O–H groups in total. The zero-order chi connectivity index (χ0) is 18.8. The summed E-state index contributed by atoms with van der Waals surface area (Å²) in [7, 11) is 3.00. The second kappa shape index (κ2) is 7.09. The Labute approximate surface area is 155 Å². The van der Waals surface area contributed by atoms with Gasteiger partial charge in [0, 0.05) is 28.2 Å². The van der Waals surface area contributed by atoms with Crippen LogP contribution < -0.4 is 14.8 Å². The van der Waals surface area contributed by atoms with Gasteiger partial charge < -0.3 is 19.8 Å². The second-order valence-corrected chi connectivity index (χ2v) is 6.11. The Balaban J connectivity index is 1.92. The maximum absolute atomic E-state index is 12.6. The van der Waals surface area contributed by atoms with Gasteiger partial charge in [0.25, 0.3) is 11.7 Å². The number of hydrogen-bond donors (Lipinski definition) is 2. The molecule has 0 aliphatic rings. The minimum atomic E-state index is -0.770. The summed E-state index contributed by atoms with van der Waals surface area (Å²) in [4.78, 5) is 28.1. The molecule has 1 heterocycles. The number of amides is 1. The number of fused-ring (bicyclic) bond motifs is 1. The fraction of sp³-hybridized carbons (Fsp3) is 0.158. The molecule has 0 spiro atoms. The minimum Gasteiger partial charge on any atom is -0.497 e. The predicted octanol–water partition coefficient (Wildman–Crippen LogP) is 3.97. The normalized spacial score (nSPS) is 10.6. The van der Waals surface area contributed by atoms with Gasteiger partial charge in [-0.05, 0) is 36.8 Å². The number of ketones is 1. The Morgan fingerprint density at radius 1 is 1.12 bits per heavy atom. The number of carbonyl (C=O) groups is 2. The molecule has 0 saturated heterocycles. The zero-order valence-corrected chi connectivity index (χ0v) is 15.2. The molecule has 0 fully saturated rings. The first-order chi connectivity index (χ1) is 12.4. The molecule has 6 nitrogen and oxygen atoms in total. The van der Waals surface area contributed by atoms with E-state index in [4.69, 9.17) is 21.1 Å². The van der Waals surface area contributed by atoms with Crippen molar-refractivity contribution >= 4 is 39.9 Å². The molecule has 0 saturated carbocycles. The summed E-state index contributed by atoms with van der Waals surface area (Å²) >= 11 is 6.06. The number of benzene rings is 2. The standard InChI is InChI=1S/C19H17ClN2O4/c1-10-6-16(17(26-3)8-14(10)20)22-19(24)18(23)13-9-21-15-5-4-11(25-2)7-12(13)15/h4-9,21H,1-3H3,(H,22,24). The molecular weight excluding hydrogens is 356 g/mol. The zero-order valence-electron chi connectivity index (χ0n) is 14.5. The number of rotatable bonds is 5. The van der Waals surface area contributed by atoms with Crippen LogP contribution in [0, 0.1) is 6.92 Å². The quantitative estimate of drug-likeness (QED) is 0.524. The van der Waals surface area contributed by atoms with E-state index in [2.05, 4.69) is 10.3 Å². The average molecular weight is 373 g/mol. The highest BCUT2D eigenvalue weighted by Crippen LogP contribution is 2.31. The number of aryl methyl sites for hydroxylation is 1. The van der Waals surface area contributed by atoms with E-state index < -0.39 is 11.7 Å². The average Bonchev–Trinajstić information content (AvgIpc) is 3.06. The molecule has 0 bridgehead atoms. The van der Waals surface area contributed by atoms with E-state index in [1.165, 1.54) is 20.4 Å². The van der Waals surface area contributed by atoms with Crippen molar-refractivity contribution in [1.29, 1.82) is 0 Å². The highest BCUT2D eigenvalue weighted by molar-refractivity contribution is 6.48. The molecule has 0 unspecified atom stereocenters. The Hall–Kier alpha value is -2.99. The first kappa shape index (κ1) is 17.8. The number of hydrogen-bond acceptors (Lipinski definition) is 4. The number of aromatic nitrogens is 1. The molecule has 0 radical (unpaired) electrons. The molecule has 7 heteroatoms. The first-order valence-corrected chi connectivity index (χ1v) is 8.17. The van der Waals surface area contributed by atoms with E-state index in [0.717, 1.165) is 11.1 Å². The lowest BCUT2D eigenvalue weighted by Crippen LogP contribution is -2.23. The number of aromatic amines is 1. The van der Waals surface area contributed by atoms with Crippen molar-refractivity contribution in [3.63, 3.8) is 0 Å². The van der Waals surface area contributed by atoms with E-state index in [1.54, 1.807) is 37.3 Å². The van der Waals surface area contributed by atoms with Gasteiger partial charge in [-0.2, -0.15) is 0 Å². The molecule has 134 valence electrons. The summed E-state index contributed by atoms with van der Waals surface area (Å²) in [6.45, 7) is 1.80. The largest absolute Gasteiger partial charge is 0.497 e. The van der Waals surface area contributed by atoms with Gasteiger partial charge in [-0.15, -0.1) is 0 Å². The summed E-state index contributed by atoms with van der Waals surface area (Å²) in [5, 5.41) is 3.72. The van der Waals surface area contributed by atoms with Crippen LogP contribution in [0.5, 0.6) is 11.5 Å². The number of anilines is 1. The van der Waals surface area contributed by atoms with Gasteiger partial charge >= 0.3 is 0 Å². The monoisotopic (exact) mass is 372 g/mol. The van der Waals surface area contributed by atoms with Gasteiger partial charge in [0.1, 0.15) is 11.5 Å². The van der Waals surface area contributed by atoms with Gasteiger partial charge in [-0.25, -0.2) is 0 Å². The molecule has 0 aliphatic heterocycles. The second-order valence-electron chi connectivity index (χ2n) is 5.70. The Morgan fingerprint density at radius 3 is 2.58 bits per heavy atom. The maximum atomic E-state index is 12.6. The van der Waals surface area contributed by atoms with Crippen molar-refractivity contribution in [1.82, 2.24) is 4.98 Å². The summed E-state index contributed by atoms with van der Waals surface area (Å²) < 4.78 is 10.4. The van der Waals surface area contributed by atoms with Crippen LogP contribution in [0.4, 0.5) is 5.69 Å². The number of halogens is 1.